The minimum Gasteiger partial charge on any atom is -0.337 e. The summed E-state index contributed by atoms with van der Waals surface area (Å²) >= 11 is 0. The predicted octanol–water partition coefficient (Wildman–Crippen LogP) is 3.79. The molecule has 0 saturated carbocycles. The van der Waals surface area contributed by atoms with Gasteiger partial charge >= 0.3 is 0 Å². The molecule has 0 unspecified atom stereocenters. The quantitative estimate of drug-likeness (QED) is 0.537. The van der Waals surface area contributed by atoms with Gasteiger partial charge in [0.05, 0.1) is 5.52 Å². The van der Waals surface area contributed by atoms with E-state index in [1.54, 1.807) is 0 Å². The lowest BCUT2D eigenvalue weighted by Crippen LogP contribution is -2.28. The summed E-state index contributed by atoms with van der Waals surface area (Å²) in [5.41, 5.74) is 3.34. The molecular weight excluding hydrogens is 362 g/mol. The molecule has 5 rings (SSSR count). The minimum absolute atomic E-state index is 0.0119. The number of pyridine rings is 1. The summed E-state index contributed by atoms with van der Waals surface area (Å²) in [5.74, 6) is 1.64. The highest BCUT2D eigenvalue weighted by molar-refractivity contribution is 6.00. The van der Waals surface area contributed by atoms with Crippen molar-refractivity contribution in [3.05, 3.63) is 78.0 Å². The number of aryl methyl sites for hydroxylation is 1. The number of hydrogen-bond acceptors (Lipinski definition) is 3. The van der Waals surface area contributed by atoms with E-state index in [9.17, 15) is 4.79 Å². The van der Waals surface area contributed by atoms with Crippen molar-refractivity contribution >= 4 is 11.4 Å². The molecule has 0 radical (unpaired) electrons. The highest BCUT2D eigenvalue weighted by Gasteiger charge is 2.26. The van der Waals surface area contributed by atoms with Gasteiger partial charge in [-0.1, -0.05) is 36.4 Å². The highest BCUT2D eigenvalue weighted by Crippen LogP contribution is 2.25. The molecule has 1 saturated heterocycles. The van der Waals surface area contributed by atoms with Gasteiger partial charge in [0.25, 0.3) is 5.91 Å². The molecular formula is C23H23N5O. The maximum absolute atomic E-state index is 13.0. The molecule has 0 spiro atoms. The summed E-state index contributed by atoms with van der Waals surface area (Å²) < 4.78 is 4.09. The third-order valence-corrected chi connectivity index (χ3v) is 5.55. The molecule has 29 heavy (non-hydrogen) atoms. The average Bonchev–Trinajstić information content (AvgIpc) is 3.48. The molecule has 1 amide bonds. The van der Waals surface area contributed by atoms with Gasteiger partial charge in [0, 0.05) is 32.0 Å². The van der Waals surface area contributed by atoms with Crippen molar-refractivity contribution in [3.63, 3.8) is 0 Å². The first-order chi connectivity index (χ1) is 14.2. The lowest BCUT2D eigenvalue weighted by Gasteiger charge is -2.13. The molecule has 1 fully saturated rings. The van der Waals surface area contributed by atoms with E-state index < -0.39 is 0 Å². The standard InChI is InChI=1S/C23H23N5O/c1-17-24-19(16-27(17)15-18-9-3-2-4-10-18)22-25-21(20-11-5-6-14-28(20)22)23(29)26-12-7-8-13-26/h2-6,9-11,14,16H,7-8,12-13,15H2,1H3. The molecule has 1 aliphatic rings. The molecule has 4 heterocycles. The van der Waals surface area contributed by atoms with E-state index in [2.05, 4.69) is 16.7 Å². The maximum atomic E-state index is 13.0. The minimum atomic E-state index is 0.0119. The first-order valence-electron chi connectivity index (χ1n) is 10.0. The molecule has 6 heteroatoms. The van der Waals surface area contributed by atoms with Crippen LogP contribution in [0.25, 0.3) is 17.0 Å². The molecule has 1 aliphatic heterocycles. The Bertz CT molecular complexity index is 1170. The summed E-state index contributed by atoms with van der Waals surface area (Å²) in [4.78, 5) is 24.5. The number of amides is 1. The van der Waals surface area contributed by atoms with Crippen molar-refractivity contribution in [3.8, 4) is 11.5 Å². The number of benzene rings is 1. The van der Waals surface area contributed by atoms with Crippen LogP contribution in [-0.4, -0.2) is 42.8 Å². The van der Waals surface area contributed by atoms with Crippen LogP contribution in [0.3, 0.4) is 0 Å². The number of likely N-dealkylation sites (tertiary alicyclic amines) is 1. The third kappa shape index (κ3) is 3.20. The lowest BCUT2D eigenvalue weighted by atomic mass is 10.2. The van der Waals surface area contributed by atoms with Gasteiger partial charge in [0.1, 0.15) is 11.5 Å². The van der Waals surface area contributed by atoms with Crippen molar-refractivity contribution < 1.29 is 4.79 Å². The highest BCUT2D eigenvalue weighted by atomic mass is 16.2. The van der Waals surface area contributed by atoms with Crippen molar-refractivity contribution in [2.75, 3.05) is 13.1 Å². The lowest BCUT2D eigenvalue weighted by molar-refractivity contribution is 0.0789. The van der Waals surface area contributed by atoms with Gasteiger partial charge in [-0.2, -0.15) is 0 Å². The smallest absolute Gasteiger partial charge is 0.274 e. The van der Waals surface area contributed by atoms with Crippen molar-refractivity contribution in [1.29, 1.82) is 0 Å². The number of nitrogens with zero attached hydrogens (tertiary/aromatic N) is 5. The first-order valence-corrected chi connectivity index (χ1v) is 10.0. The van der Waals surface area contributed by atoms with Crippen molar-refractivity contribution in [2.45, 2.75) is 26.3 Å². The number of fused-ring (bicyclic) bond motifs is 1. The summed E-state index contributed by atoms with van der Waals surface area (Å²) in [6, 6.07) is 16.2. The van der Waals surface area contributed by atoms with E-state index in [1.165, 1.54) is 5.56 Å². The zero-order valence-corrected chi connectivity index (χ0v) is 16.5. The van der Waals surface area contributed by atoms with E-state index in [1.807, 2.05) is 65.0 Å². The Morgan fingerprint density at radius 3 is 2.55 bits per heavy atom. The van der Waals surface area contributed by atoms with Crippen LogP contribution in [0.5, 0.6) is 0 Å². The zero-order valence-electron chi connectivity index (χ0n) is 16.5. The van der Waals surface area contributed by atoms with E-state index in [0.717, 1.165) is 49.5 Å². The third-order valence-electron chi connectivity index (χ3n) is 5.55. The van der Waals surface area contributed by atoms with E-state index in [4.69, 9.17) is 9.97 Å². The van der Waals surface area contributed by atoms with Gasteiger partial charge in [-0.15, -0.1) is 0 Å². The number of carbonyl (C=O) groups excluding carboxylic acids is 1. The Morgan fingerprint density at radius 1 is 1.00 bits per heavy atom. The maximum Gasteiger partial charge on any atom is 0.274 e. The number of rotatable bonds is 4. The van der Waals surface area contributed by atoms with E-state index in [0.29, 0.717) is 11.5 Å². The molecule has 146 valence electrons. The van der Waals surface area contributed by atoms with Gasteiger partial charge in [-0.25, -0.2) is 9.97 Å². The second-order valence-corrected chi connectivity index (χ2v) is 7.53. The molecule has 0 aliphatic carbocycles. The summed E-state index contributed by atoms with van der Waals surface area (Å²) in [5, 5.41) is 0. The molecule has 0 N–H and O–H groups in total. The van der Waals surface area contributed by atoms with Crippen LogP contribution in [0.1, 0.15) is 34.7 Å². The fourth-order valence-electron chi connectivity index (χ4n) is 4.00. The molecule has 1 aromatic carbocycles. The first kappa shape index (κ1) is 17.7. The van der Waals surface area contributed by atoms with Crippen molar-refractivity contribution in [1.82, 2.24) is 23.8 Å². The topological polar surface area (TPSA) is 55.4 Å². The van der Waals surface area contributed by atoms with Crippen LogP contribution in [0.15, 0.2) is 60.9 Å². The van der Waals surface area contributed by atoms with E-state index >= 15 is 0 Å². The second-order valence-electron chi connectivity index (χ2n) is 7.53. The normalized spacial score (nSPS) is 14.0. The van der Waals surface area contributed by atoms with Gasteiger partial charge in [0.15, 0.2) is 11.5 Å². The SMILES string of the molecule is Cc1nc(-c2nc(C(=O)N3CCCC3)c3ccccn23)cn1Cc1ccccc1. The Labute approximate surface area is 169 Å². The number of hydrogen-bond donors (Lipinski definition) is 0. The number of carbonyl (C=O) groups is 1. The molecule has 0 atom stereocenters. The largest absolute Gasteiger partial charge is 0.337 e. The van der Waals surface area contributed by atoms with E-state index in [-0.39, 0.29) is 5.91 Å². The average molecular weight is 385 g/mol. The fourth-order valence-corrected chi connectivity index (χ4v) is 4.00. The summed E-state index contributed by atoms with van der Waals surface area (Å²) in [6.45, 7) is 4.37. The Kier molecular flexibility index (Phi) is 4.39. The van der Waals surface area contributed by atoms with Crippen LogP contribution in [-0.2, 0) is 6.54 Å². The molecule has 6 nitrogen and oxygen atoms in total. The van der Waals surface area contributed by atoms with Gasteiger partial charge in [-0.05, 0) is 37.5 Å². The van der Waals surface area contributed by atoms with Gasteiger partial charge < -0.3 is 9.47 Å². The Balaban J connectivity index is 1.55. The Morgan fingerprint density at radius 2 is 1.76 bits per heavy atom. The summed E-state index contributed by atoms with van der Waals surface area (Å²) in [7, 11) is 0. The van der Waals surface area contributed by atoms with Crippen LogP contribution >= 0.6 is 0 Å². The molecule has 0 bridgehead atoms. The monoisotopic (exact) mass is 385 g/mol. The Hall–Kier alpha value is -3.41. The van der Waals surface area contributed by atoms with Crippen LogP contribution in [0.2, 0.25) is 0 Å². The molecule has 4 aromatic rings. The van der Waals surface area contributed by atoms with Gasteiger partial charge in [0.2, 0.25) is 0 Å². The van der Waals surface area contributed by atoms with Crippen LogP contribution < -0.4 is 0 Å². The molecule has 3 aromatic heterocycles. The van der Waals surface area contributed by atoms with Crippen molar-refractivity contribution in [2.24, 2.45) is 0 Å². The van der Waals surface area contributed by atoms with Gasteiger partial charge in [-0.3, -0.25) is 9.20 Å². The zero-order chi connectivity index (χ0) is 19.8. The fraction of sp³-hybridized carbons (Fsp3) is 0.261. The number of aromatic nitrogens is 4. The predicted molar refractivity (Wildman–Crippen MR) is 112 cm³/mol. The second kappa shape index (κ2) is 7.20. The summed E-state index contributed by atoms with van der Waals surface area (Å²) in [6.07, 6.45) is 6.10. The van der Waals surface area contributed by atoms with Crippen LogP contribution in [0, 0.1) is 6.92 Å². The van der Waals surface area contributed by atoms with Crippen LogP contribution in [0.4, 0.5) is 0 Å². The number of imidazole rings is 2.